The zero-order chi connectivity index (χ0) is 13.5. The predicted octanol–water partition coefficient (Wildman–Crippen LogP) is 0.357. The minimum absolute atomic E-state index is 0.0452. The predicted molar refractivity (Wildman–Crippen MR) is 66.5 cm³/mol. The van der Waals surface area contributed by atoms with Gasteiger partial charge in [0.1, 0.15) is 5.82 Å². The number of carbonyl (C=O) groups is 1. The Morgan fingerprint density at radius 2 is 2.37 bits per heavy atom. The Balaban J connectivity index is 1.81. The van der Waals surface area contributed by atoms with Crippen molar-refractivity contribution in [1.82, 2.24) is 25.0 Å². The Labute approximate surface area is 109 Å². The first kappa shape index (κ1) is 12.9. The third-order valence-corrected chi connectivity index (χ3v) is 2.37. The fraction of sp³-hybridized carbons (Fsp3) is 0.364. The number of hydrogen-bond acceptors (Lipinski definition) is 7. The van der Waals surface area contributed by atoms with Gasteiger partial charge in [-0.3, -0.25) is 4.68 Å². The van der Waals surface area contributed by atoms with Crippen molar-refractivity contribution in [3.8, 4) is 0 Å². The van der Waals surface area contributed by atoms with Gasteiger partial charge in [-0.1, -0.05) is 5.21 Å². The molecule has 0 aliphatic rings. The van der Waals surface area contributed by atoms with Crippen LogP contribution in [0.1, 0.15) is 17.0 Å². The van der Waals surface area contributed by atoms with Crippen molar-refractivity contribution < 1.29 is 9.53 Å². The second-order valence-corrected chi connectivity index (χ2v) is 3.70. The number of esters is 1. The molecule has 0 amide bonds. The SMILES string of the molecule is COC(=O)c1nccc(NCCCn2ccnn2)n1. The van der Waals surface area contributed by atoms with Gasteiger partial charge in [0, 0.05) is 25.5 Å². The van der Waals surface area contributed by atoms with Crippen LogP contribution in [0.4, 0.5) is 5.82 Å². The van der Waals surface area contributed by atoms with Gasteiger partial charge in [-0.15, -0.1) is 5.10 Å². The Bertz CT molecular complexity index is 528. The summed E-state index contributed by atoms with van der Waals surface area (Å²) in [6.45, 7) is 1.47. The number of nitrogens with one attached hydrogen (secondary N) is 1. The van der Waals surface area contributed by atoms with E-state index in [9.17, 15) is 4.79 Å². The molecule has 2 heterocycles. The third kappa shape index (κ3) is 3.73. The molecule has 0 unspecified atom stereocenters. The van der Waals surface area contributed by atoms with Gasteiger partial charge < -0.3 is 10.1 Å². The topological polar surface area (TPSA) is 94.8 Å². The fourth-order valence-corrected chi connectivity index (χ4v) is 1.46. The van der Waals surface area contributed by atoms with Gasteiger partial charge in [0.15, 0.2) is 0 Å². The van der Waals surface area contributed by atoms with Gasteiger partial charge in [0.25, 0.3) is 0 Å². The van der Waals surface area contributed by atoms with Crippen LogP contribution in [0, 0.1) is 0 Å². The van der Waals surface area contributed by atoms with Gasteiger partial charge in [0.2, 0.25) is 5.82 Å². The molecule has 0 aliphatic heterocycles. The molecule has 0 spiro atoms. The van der Waals surface area contributed by atoms with Gasteiger partial charge in [-0.2, -0.15) is 0 Å². The summed E-state index contributed by atoms with van der Waals surface area (Å²) in [4.78, 5) is 19.1. The number of anilines is 1. The Morgan fingerprint density at radius 1 is 1.47 bits per heavy atom. The number of carbonyl (C=O) groups excluding carboxylic acids is 1. The highest BCUT2D eigenvalue weighted by molar-refractivity contribution is 5.85. The zero-order valence-corrected chi connectivity index (χ0v) is 10.5. The standard InChI is InChI=1S/C11H14N6O2/c1-19-11(18)10-13-5-3-9(15-10)12-4-2-7-17-8-6-14-16-17/h3,5-6,8H,2,4,7H2,1H3,(H,12,13,15). The van der Waals surface area contributed by atoms with Crippen LogP contribution in [0.5, 0.6) is 0 Å². The van der Waals surface area contributed by atoms with E-state index in [1.54, 1.807) is 23.1 Å². The van der Waals surface area contributed by atoms with Crippen molar-refractivity contribution in [2.24, 2.45) is 0 Å². The van der Waals surface area contributed by atoms with E-state index in [1.807, 2.05) is 0 Å². The van der Waals surface area contributed by atoms with Crippen LogP contribution in [0.3, 0.4) is 0 Å². The summed E-state index contributed by atoms with van der Waals surface area (Å²) in [5.74, 6) is 0.0871. The quantitative estimate of drug-likeness (QED) is 0.593. The van der Waals surface area contributed by atoms with Crippen molar-refractivity contribution in [3.05, 3.63) is 30.5 Å². The first-order chi connectivity index (χ1) is 9.29. The van der Waals surface area contributed by atoms with Crippen LogP contribution >= 0.6 is 0 Å². The minimum Gasteiger partial charge on any atom is -0.463 e. The lowest BCUT2D eigenvalue weighted by molar-refractivity contribution is 0.0587. The maximum atomic E-state index is 11.3. The Morgan fingerprint density at radius 3 is 3.11 bits per heavy atom. The van der Waals surface area contributed by atoms with Crippen LogP contribution in [0.15, 0.2) is 24.7 Å². The number of aromatic nitrogens is 5. The van der Waals surface area contributed by atoms with Gasteiger partial charge >= 0.3 is 5.97 Å². The average Bonchev–Trinajstić information content (AvgIpc) is 2.96. The molecule has 100 valence electrons. The molecular weight excluding hydrogens is 248 g/mol. The van der Waals surface area contributed by atoms with E-state index >= 15 is 0 Å². The largest absolute Gasteiger partial charge is 0.463 e. The second-order valence-electron chi connectivity index (χ2n) is 3.70. The second kappa shape index (κ2) is 6.43. The first-order valence-corrected chi connectivity index (χ1v) is 5.79. The molecule has 0 saturated heterocycles. The van der Waals surface area contributed by atoms with Crippen LogP contribution < -0.4 is 5.32 Å². The lowest BCUT2D eigenvalue weighted by Crippen LogP contribution is -2.12. The fourth-order valence-electron chi connectivity index (χ4n) is 1.46. The Hall–Kier alpha value is -2.51. The van der Waals surface area contributed by atoms with E-state index in [1.165, 1.54) is 13.3 Å². The molecule has 0 saturated carbocycles. The van der Waals surface area contributed by atoms with E-state index in [4.69, 9.17) is 0 Å². The molecule has 8 nitrogen and oxygen atoms in total. The van der Waals surface area contributed by atoms with E-state index in [-0.39, 0.29) is 5.82 Å². The lowest BCUT2D eigenvalue weighted by Gasteiger charge is -2.06. The normalized spacial score (nSPS) is 10.2. The van der Waals surface area contributed by atoms with E-state index in [0.717, 1.165) is 13.0 Å². The zero-order valence-electron chi connectivity index (χ0n) is 10.5. The molecule has 0 bridgehead atoms. The van der Waals surface area contributed by atoms with Crippen LogP contribution in [-0.2, 0) is 11.3 Å². The van der Waals surface area contributed by atoms with E-state index in [2.05, 4.69) is 30.3 Å². The third-order valence-electron chi connectivity index (χ3n) is 2.37. The highest BCUT2D eigenvalue weighted by Gasteiger charge is 2.08. The summed E-state index contributed by atoms with van der Waals surface area (Å²) in [6.07, 6.45) is 5.82. The van der Waals surface area contributed by atoms with Crippen molar-refractivity contribution >= 4 is 11.8 Å². The molecule has 0 aliphatic carbocycles. The summed E-state index contributed by atoms with van der Waals surface area (Å²) in [7, 11) is 1.30. The van der Waals surface area contributed by atoms with Crippen LogP contribution in [0.2, 0.25) is 0 Å². The molecule has 2 rings (SSSR count). The molecule has 0 atom stereocenters. The molecule has 2 aromatic heterocycles. The number of nitrogens with zero attached hydrogens (tertiary/aromatic N) is 5. The molecular formula is C11H14N6O2. The van der Waals surface area contributed by atoms with Crippen molar-refractivity contribution in [2.45, 2.75) is 13.0 Å². The number of ether oxygens (including phenoxy) is 1. The summed E-state index contributed by atoms with van der Waals surface area (Å²) in [5.41, 5.74) is 0. The van der Waals surface area contributed by atoms with E-state index < -0.39 is 5.97 Å². The van der Waals surface area contributed by atoms with Gasteiger partial charge in [-0.05, 0) is 12.5 Å². The number of aryl methyl sites for hydroxylation is 1. The highest BCUT2D eigenvalue weighted by atomic mass is 16.5. The van der Waals surface area contributed by atoms with Crippen molar-refractivity contribution in [1.29, 1.82) is 0 Å². The maximum absolute atomic E-state index is 11.3. The molecule has 0 fully saturated rings. The van der Waals surface area contributed by atoms with Crippen LogP contribution in [-0.4, -0.2) is 44.6 Å². The minimum atomic E-state index is -0.550. The van der Waals surface area contributed by atoms with Crippen molar-refractivity contribution in [2.75, 3.05) is 19.0 Å². The molecule has 0 aromatic carbocycles. The van der Waals surface area contributed by atoms with E-state index in [0.29, 0.717) is 12.4 Å². The first-order valence-electron chi connectivity index (χ1n) is 5.79. The van der Waals surface area contributed by atoms with Crippen LogP contribution in [0.25, 0.3) is 0 Å². The summed E-state index contributed by atoms with van der Waals surface area (Å²) < 4.78 is 6.31. The molecule has 2 aromatic rings. The summed E-state index contributed by atoms with van der Waals surface area (Å²) in [6, 6.07) is 1.70. The van der Waals surface area contributed by atoms with Gasteiger partial charge in [0.05, 0.1) is 13.3 Å². The molecule has 8 heteroatoms. The lowest BCUT2D eigenvalue weighted by atomic mass is 10.4. The monoisotopic (exact) mass is 262 g/mol. The summed E-state index contributed by atoms with van der Waals surface area (Å²) >= 11 is 0. The number of methoxy groups -OCH3 is 1. The molecule has 19 heavy (non-hydrogen) atoms. The van der Waals surface area contributed by atoms with Crippen molar-refractivity contribution in [3.63, 3.8) is 0 Å². The molecule has 1 N–H and O–H groups in total. The van der Waals surface area contributed by atoms with Gasteiger partial charge in [-0.25, -0.2) is 14.8 Å². The Kier molecular flexibility index (Phi) is 4.38. The average molecular weight is 262 g/mol. The molecule has 0 radical (unpaired) electrons. The highest BCUT2D eigenvalue weighted by Crippen LogP contribution is 2.03. The number of rotatable bonds is 6. The summed E-state index contributed by atoms with van der Waals surface area (Å²) in [5, 5.41) is 10.7. The number of hydrogen-bond donors (Lipinski definition) is 1. The maximum Gasteiger partial charge on any atom is 0.376 e. The smallest absolute Gasteiger partial charge is 0.376 e.